The molecule has 0 aromatic heterocycles. The first kappa shape index (κ1) is 17.7. The molecule has 0 unspecified atom stereocenters. The highest BCUT2D eigenvalue weighted by molar-refractivity contribution is 7.89. The van der Waals surface area contributed by atoms with E-state index >= 15 is 0 Å². The average molecular weight is 374 g/mol. The van der Waals surface area contributed by atoms with Crippen molar-refractivity contribution in [2.75, 3.05) is 7.05 Å². The number of benzene rings is 2. The minimum Gasteiger partial charge on any atom is -0.457 e. The molecule has 0 aliphatic carbocycles. The van der Waals surface area contributed by atoms with Crippen LogP contribution in [0, 0.1) is 0 Å². The highest BCUT2D eigenvalue weighted by Crippen LogP contribution is 2.22. The van der Waals surface area contributed by atoms with Crippen LogP contribution in [0.5, 0.6) is 0 Å². The second kappa shape index (κ2) is 7.31. The summed E-state index contributed by atoms with van der Waals surface area (Å²) < 4.78 is 30.8. The molecule has 1 N–H and O–H groups in total. The largest absolute Gasteiger partial charge is 0.457 e. The van der Waals surface area contributed by atoms with Crippen LogP contribution < -0.4 is 4.72 Å². The molecule has 0 saturated carbocycles. The minimum absolute atomic E-state index is 0.0148. The molecule has 2 aromatic rings. The molecule has 0 amide bonds. The van der Waals surface area contributed by atoms with Crippen molar-refractivity contribution in [2.45, 2.75) is 11.5 Å². The Morgan fingerprint density at radius 2 is 1.91 bits per heavy atom. The van der Waals surface area contributed by atoms with E-state index < -0.39 is 16.0 Å². The van der Waals surface area contributed by atoms with E-state index in [0.29, 0.717) is 15.6 Å². The number of sulfonamides is 1. The van der Waals surface area contributed by atoms with Crippen LogP contribution in [0.3, 0.4) is 0 Å². The Hall–Kier alpha value is -1.60. The summed E-state index contributed by atoms with van der Waals surface area (Å²) in [5.41, 5.74) is 0.731. The maximum Gasteiger partial charge on any atom is 0.338 e. The number of nitrogens with one attached hydrogen (secondary N) is 1. The first-order valence-electron chi connectivity index (χ1n) is 6.48. The van der Waals surface area contributed by atoms with Gasteiger partial charge in [0.15, 0.2) is 0 Å². The van der Waals surface area contributed by atoms with E-state index in [4.69, 9.17) is 27.9 Å². The topological polar surface area (TPSA) is 72.5 Å². The third kappa shape index (κ3) is 4.45. The summed E-state index contributed by atoms with van der Waals surface area (Å²) in [6, 6.07) is 10.4. The van der Waals surface area contributed by atoms with Crippen LogP contribution in [-0.2, 0) is 21.4 Å². The van der Waals surface area contributed by atoms with Crippen molar-refractivity contribution in [1.29, 1.82) is 0 Å². The zero-order chi connectivity index (χ0) is 17.0. The highest BCUT2D eigenvalue weighted by Gasteiger charge is 2.15. The summed E-state index contributed by atoms with van der Waals surface area (Å²) in [5, 5.41) is 0.867. The molecule has 0 aliphatic rings. The van der Waals surface area contributed by atoms with Gasteiger partial charge in [-0.3, -0.25) is 0 Å². The first-order chi connectivity index (χ1) is 10.8. The third-order valence-corrected chi connectivity index (χ3v) is 5.02. The van der Waals surface area contributed by atoms with Crippen LogP contribution in [0.15, 0.2) is 47.4 Å². The van der Waals surface area contributed by atoms with Gasteiger partial charge in [-0.15, -0.1) is 0 Å². The smallest absolute Gasteiger partial charge is 0.338 e. The van der Waals surface area contributed by atoms with Crippen molar-refractivity contribution in [3.05, 3.63) is 63.6 Å². The molecule has 122 valence electrons. The van der Waals surface area contributed by atoms with Crippen LogP contribution in [0.1, 0.15) is 15.9 Å². The fourth-order valence-corrected chi connectivity index (χ4v) is 3.01. The molecule has 8 heteroatoms. The molecule has 0 saturated heterocycles. The van der Waals surface area contributed by atoms with Crippen LogP contribution in [-0.4, -0.2) is 21.4 Å². The fourth-order valence-electron chi connectivity index (χ4n) is 1.77. The Morgan fingerprint density at radius 1 is 1.17 bits per heavy atom. The summed E-state index contributed by atoms with van der Waals surface area (Å²) in [6.45, 7) is -0.0438. The van der Waals surface area contributed by atoms with Gasteiger partial charge in [0, 0.05) is 15.6 Å². The number of halogens is 2. The quantitative estimate of drug-likeness (QED) is 0.816. The molecular formula is C15H13Cl2NO4S. The van der Waals surface area contributed by atoms with E-state index in [1.165, 1.54) is 31.3 Å². The van der Waals surface area contributed by atoms with Gasteiger partial charge in [0.2, 0.25) is 10.0 Å². The highest BCUT2D eigenvalue weighted by atomic mass is 35.5. The number of ether oxygens (including phenoxy) is 1. The predicted octanol–water partition coefficient (Wildman–Crippen LogP) is 3.26. The predicted molar refractivity (Wildman–Crippen MR) is 88.3 cm³/mol. The molecule has 5 nitrogen and oxygen atoms in total. The molecule has 0 fully saturated rings. The van der Waals surface area contributed by atoms with Gasteiger partial charge in [-0.1, -0.05) is 35.3 Å². The SMILES string of the molecule is CNS(=O)(=O)c1cccc(C(=O)OCc2ccc(Cl)cc2Cl)c1. The van der Waals surface area contributed by atoms with Gasteiger partial charge in [0.05, 0.1) is 10.5 Å². The number of carbonyl (C=O) groups excluding carboxylic acids is 1. The first-order valence-corrected chi connectivity index (χ1v) is 8.72. The van der Waals surface area contributed by atoms with E-state index in [1.807, 2.05) is 0 Å². The molecule has 0 atom stereocenters. The summed E-state index contributed by atoms with van der Waals surface area (Å²) in [6.07, 6.45) is 0. The fraction of sp³-hybridized carbons (Fsp3) is 0.133. The summed E-state index contributed by atoms with van der Waals surface area (Å²) in [7, 11) is -2.33. The Kier molecular flexibility index (Phi) is 5.64. The molecule has 0 heterocycles. The average Bonchev–Trinajstić information content (AvgIpc) is 2.54. The number of hydrogen-bond acceptors (Lipinski definition) is 4. The Balaban J connectivity index is 2.14. The number of esters is 1. The lowest BCUT2D eigenvalue weighted by atomic mass is 10.2. The monoisotopic (exact) mass is 373 g/mol. The van der Waals surface area contributed by atoms with Crippen LogP contribution >= 0.6 is 23.2 Å². The van der Waals surface area contributed by atoms with Gasteiger partial charge in [0.1, 0.15) is 6.61 Å². The maximum absolute atomic E-state index is 12.1. The van der Waals surface area contributed by atoms with Crippen LogP contribution in [0.4, 0.5) is 0 Å². The van der Waals surface area contributed by atoms with E-state index in [2.05, 4.69) is 4.72 Å². The van der Waals surface area contributed by atoms with Crippen molar-refractivity contribution >= 4 is 39.2 Å². The van der Waals surface area contributed by atoms with Crippen molar-refractivity contribution in [3.63, 3.8) is 0 Å². The lowest BCUT2D eigenvalue weighted by Crippen LogP contribution is -2.19. The Bertz CT molecular complexity index is 837. The summed E-state index contributed by atoms with van der Waals surface area (Å²) in [4.78, 5) is 12.0. The normalized spacial score (nSPS) is 11.3. The molecular weight excluding hydrogens is 361 g/mol. The molecule has 0 aliphatic heterocycles. The van der Waals surface area contributed by atoms with Crippen molar-refractivity contribution in [3.8, 4) is 0 Å². The standard InChI is InChI=1S/C15H13Cl2NO4S/c1-18-23(20,21)13-4-2-3-10(7-13)15(19)22-9-11-5-6-12(16)8-14(11)17/h2-8,18H,9H2,1H3. The van der Waals surface area contributed by atoms with E-state index in [1.54, 1.807) is 18.2 Å². The van der Waals surface area contributed by atoms with Crippen molar-refractivity contribution in [2.24, 2.45) is 0 Å². The number of carbonyl (C=O) groups is 1. The molecule has 0 bridgehead atoms. The summed E-state index contributed by atoms with van der Waals surface area (Å²) in [5.74, 6) is -0.649. The van der Waals surface area contributed by atoms with E-state index in [0.717, 1.165) is 0 Å². The zero-order valence-electron chi connectivity index (χ0n) is 12.0. The van der Waals surface area contributed by atoms with Gasteiger partial charge in [0.25, 0.3) is 0 Å². The van der Waals surface area contributed by atoms with Gasteiger partial charge in [-0.05, 0) is 37.4 Å². The molecule has 0 spiro atoms. The molecule has 2 rings (SSSR count). The molecule has 0 radical (unpaired) electrons. The van der Waals surface area contributed by atoms with Crippen LogP contribution in [0.25, 0.3) is 0 Å². The Morgan fingerprint density at radius 3 is 2.57 bits per heavy atom. The van der Waals surface area contributed by atoms with E-state index in [-0.39, 0.29) is 17.1 Å². The minimum atomic E-state index is -3.63. The second-order valence-electron chi connectivity index (χ2n) is 4.55. The maximum atomic E-state index is 12.1. The van der Waals surface area contributed by atoms with Crippen molar-refractivity contribution < 1.29 is 17.9 Å². The van der Waals surface area contributed by atoms with Gasteiger partial charge < -0.3 is 4.74 Å². The number of hydrogen-bond donors (Lipinski definition) is 1. The van der Waals surface area contributed by atoms with Crippen LogP contribution in [0.2, 0.25) is 10.0 Å². The second-order valence-corrected chi connectivity index (χ2v) is 7.28. The Labute approximate surface area is 144 Å². The lowest BCUT2D eigenvalue weighted by molar-refractivity contribution is 0.0472. The van der Waals surface area contributed by atoms with E-state index in [9.17, 15) is 13.2 Å². The van der Waals surface area contributed by atoms with Crippen molar-refractivity contribution in [1.82, 2.24) is 4.72 Å². The number of rotatable bonds is 5. The third-order valence-electron chi connectivity index (χ3n) is 3.02. The summed E-state index contributed by atoms with van der Waals surface area (Å²) >= 11 is 11.8. The lowest BCUT2D eigenvalue weighted by Gasteiger charge is -2.08. The van der Waals surface area contributed by atoms with Gasteiger partial charge >= 0.3 is 5.97 Å². The van der Waals surface area contributed by atoms with Gasteiger partial charge in [-0.2, -0.15) is 0 Å². The van der Waals surface area contributed by atoms with Gasteiger partial charge in [-0.25, -0.2) is 17.9 Å². The zero-order valence-corrected chi connectivity index (χ0v) is 14.4. The molecule has 23 heavy (non-hydrogen) atoms. The molecule has 2 aromatic carbocycles.